The number of rotatable bonds is 7. The van der Waals surface area contributed by atoms with E-state index in [1.54, 1.807) is 19.9 Å². The molecule has 1 saturated heterocycles. The van der Waals surface area contributed by atoms with Crippen LogP contribution in [0.3, 0.4) is 0 Å². The van der Waals surface area contributed by atoms with Crippen LogP contribution < -0.4 is 5.32 Å². The average molecular weight is 449 g/mol. The first-order valence-corrected chi connectivity index (χ1v) is 11.4. The predicted molar refractivity (Wildman–Crippen MR) is 113 cm³/mol. The highest BCUT2D eigenvalue weighted by Crippen LogP contribution is 2.29. The molecule has 166 valence electrons. The Labute approximate surface area is 179 Å². The van der Waals surface area contributed by atoms with Crippen LogP contribution >= 0.6 is 0 Å². The number of benzene rings is 1. The highest BCUT2D eigenvalue weighted by Gasteiger charge is 2.31. The molecule has 31 heavy (non-hydrogen) atoms. The molecule has 1 aromatic heterocycles. The Balaban J connectivity index is 1.73. The van der Waals surface area contributed by atoms with Gasteiger partial charge in [-0.1, -0.05) is 0 Å². The van der Waals surface area contributed by atoms with Crippen LogP contribution in [-0.2, 0) is 14.6 Å². The van der Waals surface area contributed by atoms with Gasteiger partial charge in [0.05, 0.1) is 22.0 Å². The molecule has 3 rings (SSSR count). The molecule has 1 aliphatic rings. The summed E-state index contributed by atoms with van der Waals surface area (Å²) in [7, 11) is -1.56. The number of nitro benzene ring substituents is 1. The number of carbonyl (C=O) groups excluding carboxylic acids is 2. The first-order chi connectivity index (χ1) is 14.5. The average Bonchev–Trinajstić information content (AvgIpc) is 3.22. The fourth-order valence-corrected chi connectivity index (χ4v) is 5.61. The van der Waals surface area contributed by atoms with Gasteiger partial charge in [-0.3, -0.25) is 14.9 Å². The lowest BCUT2D eigenvalue weighted by atomic mass is 10.1. The van der Waals surface area contributed by atoms with Crippen LogP contribution in [0.25, 0.3) is 0 Å². The van der Waals surface area contributed by atoms with E-state index in [-0.39, 0.29) is 34.5 Å². The van der Waals surface area contributed by atoms with Crippen molar-refractivity contribution in [3.05, 3.63) is 56.9 Å². The van der Waals surface area contributed by atoms with Gasteiger partial charge < -0.3 is 14.6 Å². The summed E-state index contributed by atoms with van der Waals surface area (Å²) in [6, 6.07) is 5.28. The van der Waals surface area contributed by atoms with Gasteiger partial charge in [0.25, 0.3) is 5.69 Å². The second-order valence-electron chi connectivity index (χ2n) is 7.45. The molecule has 0 radical (unpaired) electrons. The minimum Gasteiger partial charge on any atom is -0.454 e. The van der Waals surface area contributed by atoms with Crippen molar-refractivity contribution < 1.29 is 27.7 Å². The second kappa shape index (κ2) is 8.50. The van der Waals surface area contributed by atoms with E-state index in [1.165, 1.54) is 19.2 Å². The molecule has 1 N–H and O–H groups in total. The SMILES string of the molecule is CNc1ccc(C(=O)OCC(=O)c2cc(C)n(C3CCS(=O)(=O)C3)c2C)cc1[N+](=O)[O-]. The highest BCUT2D eigenvalue weighted by molar-refractivity contribution is 7.91. The minimum absolute atomic E-state index is 0.0351. The zero-order chi connectivity index (χ0) is 22.9. The number of hydrogen-bond donors (Lipinski definition) is 1. The standard InChI is InChI=1S/C20H23N3O7S/c1-12-8-16(13(2)22(12)15-6-7-31(28,29)11-15)19(24)10-30-20(25)14-4-5-17(21-3)18(9-14)23(26)27/h4-5,8-9,15,21H,6-7,10-11H2,1-3H3. The first kappa shape index (κ1) is 22.5. The first-order valence-electron chi connectivity index (χ1n) is 9.59. The number of nitrogens with one attached hydrogen (secondary N) is 1. The van der Waals surface area contributed by atoms with Crippen LogP contribution in [0.5, 0.6) is 0 Å². The zero-order valence-corrected chi connectivity index (χ0v) is 18.2. The molecule has 11 heteroatoms. The normalized spacial score (nSPS) is 17.3. The number of esters is 1. The topological polar surface area (TPSA) is 138 Å². The molecular formula is C20H23N3O7S. The third-order valence-electron chi connectivity index (χ3n) is 5.39. The van der Waals surface area contributed by atoms with Crippen molar-refractivity contribution >= 4 is 33.0 Å². The third-order valence-corrected chi connectivity index (χ3v) is 7.14. The Morgan fingerprint density at radius 3 is 2.58 bits per heavy atom. The number of ketones is 1. The van der Waals surface area contributed by atoms with Crippen molar-refractivity contribution in [1.29, 1.82) is 0 Å². The monoisotopic (exact) mass is 449 g/mol. The van der Waals surface area contributed by atoms with Crippen molar-refractivity contribution in [1.82, 2.24) is 4.57 Å². The van der Waals surface area contributed by atoms with Gasteiger partial charge in [0.2, 0.25) is 5.78 Å². The van der Waals surface area contributed by atoms with Gasteiger partial charge in [-0.25, -0.2) is 13.2 Å². The van der Waals surface area contributed by atoms with Gasteiger partial charge in [0, 0.05) is 36.1 Å². The molecule has 2 aromatic rings. The van der Waals surface area contributed by atoms with Crippen LogP contribution in [0, 0.1) is 24.0 Å². The van der Waals surface area contributed by atoms with E-state index in [1.807, 2.05) is 4.57 Å². The lowest BCUT2D eigenvalue weighted by Crippen LogP contribution is -2.17. The number of ether oxygens (including phenoxy) is 1. The lowest BCUT2D eigenvalue weighted by Gasteiger charge is -2.16. The summed E-state index contributed by atoms with van der Waals surface area (Å²) in [5.41, 5.74) is 1.66. The van der Waals surface area contributed by atoms with E-state index in [0.717, 1.165) is 11.8 Å². The Kier molecular flexibility index (Phi) is 6.16. The summed E-state index contributed by atoms with van der Waals surface area (Å²) in [4.78, 5) is 35.5. The largest absolute Gasteiger partial charge is 0.454 e. The second-order valence-corrected chi connectivity index (χ2v) is 9.68. The number of nitrogens with zero attached hydrogens (tertiary/aromatic N) is 2. The number of nitro groups is 1. The van der Waals surface area contributed by atoms with Crippen molar-refractivity contribution in [3.8, 4) is 0 Å². The molecule has 1 aromatic carbocycles. The van der Waals surface area contributed by atoms with Crippen molar-refractivity contribution in [3.63, 3.8) is 0 Å². The summed E-state index contributed by atoms with van der Waals surface area (Å²) in [5.74, 6) is -1.13. The molecule has 0 bridgehead atoms. The number of carbonyl (C=O) groups is 2. The molecular weight excluding hydrogens is 426 g/mol. The highest BCUT2D eigenvalue weighted by atomic mass is 32.2. The van der Waals surface area contributed by atoms with E-state index in [4.69, 9.17) is 4.74 Å². The fraction of sp³-hybridized carbons (Fsp3) is 0.400. The minimum atomic E-state index is -3.08. The quantitative estimate of drug-likeness (QED) is 0.294. The smallest absolute Gasteiger partial charge is 0.338 e. The number of Topliss-reactive ketones (excluding diaryl/α,β-unsaturated/α-hetero) is 1. The van der Waals surface area contributed by atoms with Gasteiger partial charge in [-0.05, 0) is 38.5 Å². The summed E-state index contributed by atoms with van der Waals surface area (Å²) in [5, 5.41) is 13.8. The molecule has 1 atom stereocenters. The van der Waals surface area contributed by atoms with Crippen molar-refractivity contribution in [2.75, 3.05) is 30.5 Å². The predicted octanol–water partition coefficient (Wildman–Crippen LogP) is 2.45. The van der Waals surface area contributed by atoms with Crippen LogP contribution in [0.1, 0.15) is 44.6 Å². The number of hydrogen-bond acceptors (Lipinski definition) is 8. The van der Waals surface area contributed by atoms with Gasteiger partial charge in [-0.15, -0.1) is 0 Å². The van der Waals surface area contributed by atoms with Crippen molar-refractivity contribution in [2.45, 2.75) is 26.3 Å². The number of aryl methyl sites for hydroxylation is 1. The zero-order valence-electron chi connectivity index (χ0n) is 17.4. The van der Waals surface area contributed by atoms with Gasteiger partial charge >= 0.3 is 5.97 Å². The summed E-state index contributed by atoms with van der Waals surface area (Å²) < 4.78 is 30.5. The van der Waals surface area contributed by atoms with Crippen LogP contribution in [0.4, 0.5) is 11.4 Å². The van der Waals surface area contributed by atoms with Crippen molar-refractivity contribution in [2.24, 2.45) is 0 Å². The molecule has 1 unspecified atom stereocenters. The molecule has 10 nitrogen and oxygen atoms in total. The Morgan fingerprint density at radius 2 is 2.00 bits per heavy atom. The fourth-order valence-electron chi connectivity index (χ4n) is 3.91. The third kappa shape index (κ3) is 4.61. The Morgan fingerprint density at radius 1 is 1.29 bits per heavy atom. The lowest BCUT2D eigenvalue weighted by molar-refractivity contribution is -0.384. The molecule has 2 heterocycles. The van der Waals surface area contributed by atoms with E-state index >= 15 is 0 Å². The summed E-state index contributed by atoms with van der Waals surface area (Å²) in [6.07, 6.45) is 0.489. The maximum atomic E-state index is 12.7. The van der Waals surface area contributed by atoms with Gasteiger partial charge in [0.15, 0.2) is 16.4 Å². The molecule has 1 fully saturated rings. The number of sulfone groups is 1. The summed E-state index contributed by atoms with van der Waals surface area (Å²) in [6.45, 7) is 2.99. The van der Waals surface area contributed by atoms with Gasteiger partial charge in [0.1, 0.15) is 5.69 Å². The maximum Gasteiger partial charge on any atom is 0.338 e. The maximum absolute atomic E-state index is 12.7. The molecule has 0 spiro atoms. The number of anilines is 1. The molecule has 0 saturated carbocycles. The van der Waals surface area contributed by atoms with Crippen LogP contribution in [0.2, 0.25) is 0 Å². The summed E-state index contributed by atoms with van der Waals surface area (Å²) >= 11 is 0. The number of aromatic nitrogens is 1. The van der Waals surface area contributed by atoms with E-state index < -0.39 is 33.1 Å². The Bertz CT molecular complexity index is 1170. The molecule has 0 amide bonds. The van der Waals surface area contributed by atoms with Gasteiger partial charge in [-0.2, -0.15) is 0 Å². The Hall–Kier alpha value is -3.21. The van der Waals surface area contributed by atoms with E-state index in [9.17, 15) is 28.1 Å². The van der Waals surface area contributed by atoms with Crippen LogP contribution in [0.15, 0.2) is 24.3 Å². The van der Waals surface area contributed by atoms with Crippen LogP contribution in [-0.4, -0.2) is 54.8 Å². The van der Waals surface area contributed by atoms with E-state index in [2.05, 4.69) is 5.32 Å². The molecule has 0 aliphatic carbocycles. The van der Waals surface area contributed by atoms with E-state index in [0.29, 0.717) is 17.7 Å². The molecule has 1 aliphatic heterocycles.